The second-order valence-electron chi connectivity index (χ2n) is 3.75. The van der Waals surface area contributed by atoms with Gasteiger partial charge in [0.05, 0.1) is 10.6 Å². The minimum atomic E-state index is -4.55. The molecule has 0 bridgehead atoms. The molecule has 0 aliphatic carbocycles. The Bertz CT molecular complexity index is 654. The Labute approximate surface area is 114 Å². The molecule has 0 aliphatic rings. The molecule has 0 N–H and O–H groups in total. The molecular weight excluding hydrogens is 291 g/mol. The molecule has 3 heterocycles. The molecule has 0 saturated carbocycles. The van der Waals surface area contributed by atoms with Crippen molar-refractivity contribution in [2.24, 2.45) is 0 Å². The van der Waals surface area contributed by atoms with Crippen molar-refractivity contribution in [3.8, 4) is 16.5 Å². The number of alkyl halides is 3. The minimum absolute atomic E-state index is 0.166. The van der Waals surface area contributed by atoms with Gasteiger partial charge in [0.25, 0.3) is 5.95 Å². The van der Waals surface area contributed by atoms with Crippen molar-refractivity contribution in [2.45, 2.75) is 6.18 Å². The summed E-state index contributed by atoms with van der Waals surface area (Å²) in [5.74, 6) is -0.166. The molecule has 3 aromatic rings. The molecule has 0 amide bonds. The third kappa shape index (κ3) is 2.39. The minimum Gasteiger partial charge on any atom is -0.223 e. The van der Waals surface area contributed by atoms with Crippen LogP contribution >= 0.6 is 11.3 Å². The van der Waals surface area contributed by atoms with Gasteiger partial charge < -0.3 is 0 Å². The van der Waals surface area contributed by atoms with Crippen LogP contribution < -0.4 is 0 Å². The predicted molar refractivity (Wildman–Crippen MR) is 65.3 cm³/mol. The van der Waals surface area contributed by atoms with Crippen molar-refractivity contribution in [3.05, 3.63) is 41.9 Å². The lowest BCUT2D eigenvalue weighted by Crippen LogP contribution is -2.13. The highest BCUT2D eigenvalue weighted by atomic mass is 32.1. The van der Waals surface area contributed by atoms with Gasteiger partial charge in [-0.3, -0.25) is 0 Å². The third-order valence-electron chi connectivity index (χ3n) is 2.40. The van der Waals surface area contributed by atoms with E-state index in [9.17, 15) is 13.2 Å². The molecule has 3 aromatic heterocycles. The first kappa shape index (κ1) is 12.7. The van der Waals surface area contributed by atoms with Gasteiger partial charge in [0, 0.05) is 0 Å². The van der Waals surface area contributed by atoms with Crippen LogP contribution in [0.2, 0.25) is 0 Å². The highest BCUT2D eigenvalue weighted by Crippen LogP contribution is 2.31. The maximum Gasteiger partial charge on any atom is 0.433 e. The van der Waals surface area contributed by atoms with Gasteiger partial charge in [-0.25, -0.2) is 15.0 Å². The largest absolute Gasteiger partial charge is 0.433 e. The van der Waals surface area contributed by atoms with Crippen molar-refractivity contribution < 1.29 is 13.2 Å². The zero-order valence-electron chi connectivity index (χ0n) is 9.74. The molecule has 5 nitrogen and oxygen atoms in total. The fraction of sp³-hybridized carbons (Fsp3) is 0.0909. The van der Waals surface area contributed by atoms with Crippen molar-refractivity contribution >= 4 is 11.3 Å². The molecule has 0 unspecified atom stereocenters. The number of thiophene rings is 1. The van der Waals surface area contributed by atoms with Crippen LogP contribution in [-0.2, 0) is 6.18 Å². The molecule has 0 atom stereocenters. The van der Waals surface area contributed by atoms with Gasteiger partial charge in [-0.15, -0.1) is 11.3 Å². The first-order chi connectivity index (χ1) is 9.54. The molecule has 20 heavy (non-hydrogen) atoms. The maximum atomic E-state index is 12.9. The highest BCUT2D eigenvalue weighted by Gasteiger charge is 2.34. The Morgan fingerprint density at radius 3 is 2.65 bits per heavy atom. The average Bonchev–Trinajstić information content (AvgIpc) is 3.10. The molecule has 3 rings (SSSR count). The smallest absolute Gasteiger partial charge is 0.223 e. The van der Waals surface area contributed by atoms with Crippen LogP contribution in [0.15, 0.2) is 36.2 Å². The van der Waals surface area contributed by atoms with E-state index in [1.165, 1.54) is 24.0 Å². The average molecular weight is 297 g/mol. The molecule has 0 fully saturated rings. The monoisotopic (exact) mass is 297 g/mol. The van der Waals surface area contributed by atoms with Crippen molar-refractivity contribution in [3.63, 3.8) is 0 Å². The molecule has 102 valence electrons. The van der Waals surface area contributed by atoms with Crippen molar-refractivity contribution in [2.75, 3.05) is 0 Å². The fourth-order valence-electron chi connectivity index (χ4n) is 1.54. The SMILES string of the molecule is FC(F)(F)c1cc(-c2cccs2)nc(-n2cncn2)n1. The summed E-state index contributed by atoms with van der Waals surface area (Å²) in [4.78, 5) is 11.9. The quantitative estimate of drug-likeness (QED) is 0.730. The summed E-state index contributed by atoms with van der Waals surface area (Å²) >= 11 is 1.30. The maximum absolute atomic E-state index is 12.9. The van der Waals surface area contributed by atoms with E-state index in [2.05, 4.69) is 20.1 Å². The van der Waals surface area contributed by atoms with E-state index in [1.54, 1.807) is 17.5 Å². The molecular formula is C11H6F3N5S. The van der Waals surface area contributed by atoms with Crippen LogP contribution in [0.5, 0.6) is 0 Å². The standard InChI is InChI=1S/C11H6F3N5S/c12-11(13,14)9-4-7(8-2-1-3-20-8)17-10(18-9)19-6-15-5-16-19/h1-6H. The number of nitrogens with zero attached hydrogens (tertiary/aromatic N) is 5. The lowest BCUT2D eigenvalue weighted by atomic mass is 10.3. The number of hydrogen-bond donors (Lipinski definition) is 0. The van der Waals surface area contributed by atoms with Crippen LogP contribution in [0.4, 0.5) is 13.2 Å². The van der Waals surface area contributed by atoms with Gasteiger partial charge in [-0.05, 0) is 17.5 Å². The summed E-state index contributed by atoms with van der Waals surface area (Å²) in [6.45, 7) is 0. The molecule has 0 aliphatic heterocycles. The number of aromatic nitrogens is 5. The second-order valence-corrected chi connectivity index (χ2v) is 4.70. The molecule has 0 spiro atoms. The summed E-state index contributed by atoms with van der Waals surface area (Å²) in [6, 6.07) is 4.36. The fourth-order valence-corrected chi connectivity index (χ4v) is 2.23. The third-order valence-corrected chi connectivity index (χ3v) is 3.29. The molecule has 0 aromatic carbocycles. The second kappa shape index (κ2) is 4.67. The van der Waals surface area contributed by atoms with E-state index in [4.69, 9.17) is 0 Å². The summed E-state index contributed by atoms with van der Waals surface area (Å²) in [5, 5.41) is 5.51. The summed E-state index contributed by atoms with van der Waals surface area (Å²) in [6.07, 6.45) is -2.10. The topological polar surface area (TPSA) is 56.5 Å². The molecule has 0 saturated heterocycles. The Balaban J connectivity index is 2.19. The van der Waals surface area contributed by atoms with Crippen LogP contribution in [0, 0.1) is 0 Å². The Morgan fingerprint density at radius 1 is 1.20 bits per heavy atom. The first-order valence-electron chi connectivity index (χ1n) is 5.39. The molecule has 0 radical (unpaired) electrons. The van der Waals surface area contributed by atoms with Gasteiger partial charge in [0.2, 0.25) is 0 Å². The van der Waals surface area contributed by atoms with E-state index in [0.717, 1.165) is 10.7 Å². The van der Waals surface area contributed by atoms with Crippen LogP contribution in [0.1, 0.15) is 5.69 Å². The van der Waals surface area contributed by atoms with E-state index < -0.39 is 11.9 Å². The molecule has 9 heteroatoms. The Kier molecular flexibility index (Phi) is 2.97. The van der Waals surface area contributed by atoms with E-state index in [-0.39, 0.29) is 11.6 Å². The van der Waals surface area contributed by atoms with Crippen LogP contribution in [0.25, 0.3) is 16.5 Å². The predicted octanol–water partition coefficient (Wildman–Crippen LogP) is 2.80. The van der Waals surface area contributed by atoms with Crippen LogP contribution in [-0.4, -0.2) is 24.7 Å². The zero-order chi connectivity index (χ0) is 14.2. The van der Waals surface area contributed by atoms with E-state index in [0.29, 0.717) is 4.88 Å². The zero-order valence-corrected chi connectivity index (χ0v) is 10.6. The number of hydrogen-bond acceptors (Lipinski definition) is 5. The Hall–Kier alpha value is -2.29. The van der Waals surface area contributed by atoms with Crippen molar-refractivity contribution in [1.29, 1.82) is 0 Å². The normalized spacial score (nSPS) is 11.8. The van der Waals surface area contributed by atoms with Crippen molar-refractivity contribution in [1.82, 2.24) is 24.7 Å². The lowest BCUT2D eigenvalue weighted by molar-refractivity contribution is -0.141. The lowest BCUT2D eigenvalue weighted by Gasteiger charge is -2.09. The van der Waals surface area contributed by atoms with Crippen LogP contribution in [0.3, 0.4) is 0 Å². The van der Waals surface area contributed by atoms with E-state index in [1.807, 2.05) is 0 Å². The van der Waals surface area contributed by atoms with Gasteiger partial charge in [-0.1, -0.05) is 6.07 Å². The van der Waals surface area contributed by atoms with Gasteiger partial charge in [-0.2, -0.15) is 23.0 Å². The first-order valence-corrected chi connectivity index (χ1v) is 6.27. The van der Waals surface area contributed by atoms with Gasteiger partial charge in [0.15, 0.2) is 5.69 Å². The highest BCUT2D eigenvalue weighted by molar-refractivity contribution is 7.13. The van der Waals surface area contributed by atoms with E-state index >= 15 is 0 Å². The number of halogens is 3. The Morgan fingerprint density at radius 2 is 2.05 bits per heavy atom. The van der Waals surface area contributed by atoms with Gasteiger partial charge in [0.1, 0.15) is 12.7 Å². The van der Waals surface area contributed by atoms with Gasteiger partial charge >= 0.3 is 6.18 Å². The number of rotatable bonds is 2. The summed E-state index contributed by atoms with van der Waals surface area (Å²) < 4.78 is 39.8. The summed E-state index contributed by atoms with van der Waals surface area (Å²) in [5.41, 5.74) is -0.811. The summed E-state index contributed by atoms with van der Waals surface area (Å²) in [7, 11) is 0.